The third-order valence-electron chi connectivity index (χ3n) is 5.88. The largest absolute Gasteiger partial charge is 0.417 e. The summed E-state index contributed by atoms with van der Waals surface area (Å²) in [4.78, 5) is 21.0. The molecule has 38 heavy (non-hydrogen) atoms. The van der Waals surface area contributed by atoms with Gasteiger partial charge in [-0.2, -0.15) is 18.3 Å². The number of aliphatic hydroxyl groups is 1. The molecular weight excluding hydrogens is 502 g/mol. The zero-order valence-corrected chi connectivity index (χ0v) is 19.7. The molecule has 2 heterocycles. The normalized spacial score (nSPS) is 12.5. The number of hydrogen-bond donors (Lipinski definition) is 2. The lowest BCUT2D eigenvalue weighted by Gasteiger charge is -2.15. The van der Waals surface area contributed by atoms with Crippen molar-refractivity contribution in [3.05, 3.63) is 102 Å². The monoisotopic (exact) mass is 521 g/mol. The van der Waals surface area contributed by atoms with Crippen LogP contribution in [-0.2, 0) is 6.18 Å². The molecule has 11 heteroatoms. The number of nitrogens with one attached hydrogen (secondary N) is 1. The quantitative estimate of drug-likeness (QED) is 0.279. The first kappa shape index (κ1) is 25.0. The van der Waals surface area contributed by atoms with E-state index >= 15 is 0 Å². The van der Waals surface area contributed by atoms with Gasteiger partial charge in [-0.25, -0.2) is 19.0 Å². The number of hydrogen-bond acceptors (Lipinski definition) is 5. The van der Waals surface area contributed by atoms with E-state index in [1.165, 1.54) is 23.1 Å². The van der Waals surface area contributed by atoms with E-state index in [2.05, 4.69) is 20.4 Å². The Morgan fingerprint density at radius 3 is 2.37 bits per heavy atom. The first-order chi connectivity index (χ1) is 18.1. The first-order valence-corrected chi connectivity index (χ1v) is 11.4. The number of anilines is 1. The molecule has 0 spiro atoms. The van der Waals surface area contributed by atoms with E-state index in [1.807, 2.05) is 0 Å². The topological polar surface area (TPSA) is 92.9 Å². The molecule has 0 bridgehead atoms. The highest BCUT2D eigenvalue weighted by Gasteiger charge is 2.36. The number of aromatic nitrogens is 4. The van der Waals surface area contributed by atoms with E-state index in [0.717, 1.165) is 6.07 Å². The molecule has 0 fully saturated rings. The minimum absolute atomic E-state index is 0.171. The van der Waals surface area contributed by atoms with Crippen molar-refractivity contribution in [1.82, 2.24) is 19.7 Å². The van der Waals surface area contributed by atoms with Crippen LogP contribution in [0.2, 0.25) is 0 Å². The molecule has 192 valence electrons. The lowest BCUT2D eigenvalue weighted by atomic mass is 10.0. The summed E-state index contributed by atoms with van der Waals surface area (Å²) in [6.45, 7) is 1.60. The van der Waals surface area contributed by atoms with Gasteiger partial charge in [0.05, 0.1) is 28.4 Å². The third-order valence-corrected chi connectivity index (χ3v) is 5.88. The number of alkyl halides is 3. The summed E-state index contributed by atoms with van der Waals surface area (Å²) < 4.78 is 57.5. The van der Waals surface area contributed by atoms with Crippen LogP contribution in [0.5, 0.6) is 0 Å². The minimum atomic E-state index is -4.91. The second-order valence-electron chi connectivity index (χ2n) is 8.45. The number of rotatable bonds is 5. The van der Waals surface area contributed by atoms with E-state index in [0.29, 0.717) is 22.2 Å². The molecule has 1 unspecified atom stereocenters. The molecule has 0 aliphatic carbocycles. The van der Waals surface area contributed by atoms with Crippen LogP contribution in [0, 0.1) is 5.82 Å². The zero-order valence-electron chi connectivity index (χ0n) is 19.7. The lowest BCUT2D eigenvalue weighted by Crippen LogP contribution is -2.18. The fourth-order valence-corrected chi connectivity index (χ4v) is 4.02. The average molecular weight is 521 g/mol. The van der Waals surface area contributed by atoms with Crippen LogP contribution in [0.25, 0.3) is 28.0 Å². The number of benzene rings is 3. The van der Waals surface area contributed by atoms with E-state index in [-0.39, 0.29) is 17.7 Å². The van der Waals surface area contributed by atoms with Crippen LogP contribution in [0.1, 0.15) is 34.5 Å². The van der Waals surface area contributed by atoms with Gasteiger partial charge in [0.25, 0.3) is 5.91 Å². The predicted molar refractivity (Wildman–Crippen MR) is 132 cm³/mol. The van der Waals surface area contributed by atoms with Crippen LogP contribution < -0.4 is 5.32 Å². The zero-order chi connectivity index (χ0) is 27.0. The fourth-order valence-electron chi connectivity index (χ4n) is 4.02. The molecule has 5 rings (SSSR count). The maximum absolute atomic E-state index is 15.0. The molecule has 1 amide bonds. The maximum Gasteiger partial charge on any atom is 0.417 e. The summed E-state index contributed by atoms with van der Waals surface area (Å²) >= 11 is 0. The standard InChI is InChI=1S/C27H19F4N5O2/c1-15(37)16-8-9-18-23(12-16)35-36(17-6-3-2-4-7-17)25(18)34-26(38)20-13-19(24-32-10-5-11-33-24)21(14-22(20)28)27(29,30)31/h2-15,37H,1H3,(H,34,38). The van der Waals surface area contributed by atoms with E-state index in [4.69, 9.17) is 0 Å². The number of carbonyl (C=O) groups is 1. The molecule has 0 saturated heterocycles. The summed E-state index contributed by atoms with van der Waals surface area (Å²) in [6.07, 6.45) is -3.18. The third kappa shape index (κ3) is 4.71. The average Bonchev–Trinajstić information content (AvgIpc) is 3.26. The Balaban J connectivity index is 1.63. The van der Waals surface area contributed by atoms with Gasteiger partial charge >= 0.3 is 6.18 Å². The van der Waals surface area contributed by atoms with Gasteiger partial charge in [0, 0.05) is 23.3 Å². The van der Waals surface area contributed by atoms with Crippen molar-refractivity contribution in [1.29, 1.82) is 0 Å². The van der Waals surface area contributed by atoms with Crippen LogP contribution in [0.4, 0.5) is 23.4 Å². The highest BCUT2D eigenvalue weighted by molar-refractivity contribution is 6.09. The van der Waals surface area contributed by atoms with Gasteiger partial charge in [-0.1, -0.05) is 24.3 Å². The van der Waals surface area contributed by atoms with Gasteiger partial charge in [0.15, 0.2) is 5.82 Å². The van der Waals surface area contributed by atoms with Crippen molar-refractivity contribution in [2.24, 2.45) is 0 Å². The highest BCUT2D eigenvalue weighted by Crippen LogP contribution is 2.38. The Morgan fingerprint density at radius 1 is 1.00 bits per heavy atom. The Hall–Kier alpha value is -4.64. The number of aliphatic hydroxyl groups excluding tert-OH is 1. The molecule has 5 aromatic rings. The number of para-hydroxylation sites is 1. The van der Waals surface area contributed by atoms with Crippen LogP contribution in [0.15, 0.2) is 79.1 Å². The summed E-state index contributed by atoms with van der Waals surface area (Å²) in [5, 5.41) is 17.6. The molecule has 0 aliphatic heterocycles. The summed E-state index contributed by atoms with van der Waals surface area (Å²) in [6, 6.07) is 16.2. The predicted octanol–water partition coefficient (Wildman–Crippen LogP) is 5.95. The maximum atomic E-state index is 15.0. The first-order valence-electron chi connectivity index (χ1n) is 11.4. The van der Waals surface area contributed by atoms with Gasteiger partial charge in [-0.15, -0.1) is 0 Å². The van der Waals surface area contributed by atoms with Crippen molar-refractivity contribution in [3.63, 3.8) is 0 Å². The Morgan fingerprint density at radius 2 is 1.71 bits per heavy atom. The van der Waals surface area contributed by atoms with E-state index in [1.54, 1.807) is 55.5 Å². The highest BCUT2D eigenvalue weighted by atomic mass is 19.4. The lowest BCUT2D eigenvalue weighted by molar-refractivity contribution is -0.137. The van der Waals surface area contributed by atoms with Gasteiger partial charge < -0.3 is 10.4 Å². The number of amides is 1. The Kier molecular flexibility index (Phi) is 6.37. The van der Waals surface area contributed by atoms with Crippen LogP contribution in [-0.4, -0.2) is 30.8 Å². The second kappa shape index (κ2) is 9.67. The molecule has 7 nitrogen and oxygen atoms in total. The number of halogens is 4. The summed E-state index contributed by atoms with van der Waals surface area (Å²) in [5.41, 5.74) is -0.863. The number of nitrogens with zero attached hydrogens (tertiary/aromatic N) is 4. The minimum Gasteiger partial charge on any atom is -0.389 e. The summed E-state index contributed by atoms with van der Waals surface area (Å²) in [5.74, 6) is -2.49. The number of carbonyl (C=O) groups excluding carboxylic acids is 1. The molecule has 0 aliphatic rings. The molecule has 0 saturated carbocycles. The van der Waals surface area contributed by atoms with E-state index < -0.39 is 40.7 Å². The van der Waals surface area contributed by atoms with Crippen molar-refractivity contribution in [2.45, 2.75) is 19.2 Å². The Bertz CT molecular complexity index is 1630. The van der Waals surface area contributed by atoms with Crippen molar-refractivity contribution < 1.29 is 27.5 Å². The molecule has 3 aromatic carbocycles. The molecule has 0 radical (unpaired) electrons. The van der Waals surface area contributed by atoms with Gasteiger partial charge in [-0.3, -0.25) is 4.79 Å². The van der Waals surface area contributed by atoms with E-state index in [9.17, 15) is 27.5 Å². The molecule has 2 N–H and O–H groups in total. The molecule has 1 atom stereocenters. The smallest absolute Gasteiger partial charge is 0.389 e. The van der Waals surface area contributed by atoms with Crippen LogP contribution >= 0.6 is 0 Å². The van der Waals surface area contributed by atoms with Crippen molar-refractivity contribution in [3.8, 4) is 17.1 Å². The van der Waals surface area contributed by atoms with Gasteiger partial charge in [-0.05, 0) is 55.0 Å². The molecular formula is C27H19F4N5O2. The van der Waals surface area contributed by atoms with Crippen LogP contribution in [0.3, 0.4) is 0 Å². The van der Waals surface area contributed by atoms with Gasteiger partial charge in [0.2, 0.25) is 0 Å². The fraction of sp³-hybridized carbons (Fsp3) is 0.111. The molecule has 2 aromatic heterocycles. The second-order valence-corrected chi connectivity index (χ2v) is 8.45. The number of fused-ring (bicyclic) bond motifs is 1. The van der Waals surface area contributed by atoms with Crippen molar-refractivity contribution >= 4 is 22.6 Å². The summed E-state index contributed by atoms with van der Waals surface area (Å²) in [7, 11) is 0. The van der Waals surface area contributed by atoms with Crippen molar-refractivity contribution in [2.75, 3.05) is 5.32 Å². The Labute approximate surface area is 213 Å². The SMILES string of the molecule is CC(O)c1ccc2c(NC(=O)c3cc(-c4ncccn4)c(C(F)(F)F)cc3F)n(-c3ccccc3)nc2c1. The van der Waals surface area contributed by atoms with Gasteiger partial charge in [0.1, 0.15) is 11.6 Å².